The molecule has 0 radical (unpaired) electrons. The first kappa shape index (κ1) is 20.9. The highest BCUT2D eigenvalue weighted by Gasteiger charge is 2.31. The van der Waals surface area contributed by atoms with Crippen molar-refractivity contribution in [3.63, 3.8) is 0 Å². The van der Waals surface area contributed by atoms with E-state index in [-0.39, 0.29) is 35.1 Å². The molecule has 0 aliphatic carbocycles. The van der Waals surface area contributed by atoms with Gasteiger partial charge in [-0.1, -0.05) is 12.1 Å². The number of hydrogen-bond donors (Lipinski definition) is 1. The van der Waals surface area contributed by atoms with Crippen molar-refractivity contribution < 1.29 is 21.6 Å². The van der Waals surface area contributed by atoms with Gasteiger partial charge in [-0.3, -0.25) is 4.79 Å². The summed E-state index contributed by atoms with van der Waals surface area (Å²) in [7, 11) is -6.55. The van der Waals surface area contributed by atoms with Crippen molar-refractivity contribution >= 4 is 25.8 Å². The third-order valence-corrected chi connectivity index (χ3v) is 7.66. The maximum atomic E-state index is 12.5. The highest BCUT2D eigenvalue weighted by molar-refractivity contribution is 7.90. The molecule has 1 aromatic carbocycles. The minimum Gasteiger partial charge on any atom is -0.349 e. The molecule has 1 amide bonds. The molecule has 7 nitrogen and oxygen atoms in total. The predicted molar refractivity (Wildman–Crippen MR) is 99.9 cm³/mol. The minimum atomic E-state index is -3.29. The number of rotatable bonds is 6. The van der Waals surface area contributed by atoms with Crippen LogP contribution in [-0.4, -0.2) is 52.1 Å². The van der Waals surface area contributed by atoms with Crippen LogP contribution in [0.3, 0.4) is 0 Å². The molecule has 1 aliphatic heterocycles. The van der Waals surface area contributed by atoms with Crippen LogP contribution in [0.4, 0.5) is 0 Å². The van der Waals surface area contributed by atoms with Crippen molar-refractivity contribution in [3.8, 4) is 0 Å². The predicted octanol–water partition coefficient (Wildman–Crippen LogP) is 1.33. The lowest BCUT2D eigenvalue weighted by molar-refractivity contribution is -0.126. The summed E-state index contributed by atoms with van der Waals surface area (Å²) >= 11 is 0. The van der Waals surface area contributed by atoms with Gasteiger partial charge in [-0.25, -0.2) is 21.1 Å². The van der Waals surface area contributed by atoms with E-state index in [0.29, 0.717) is 19.4 Å². The Labute approximate surface area is 155 Å². The van der Waals surface area contributed by atoms with Gasteiger partial charge in [-0.05, 0) is 44.4 Å². The largest absolute Gasteiger partial charge is 0.349 e. The Morgan fingerprint density at radius 2 is 1.85 bits per heavy atom. The van der Waals surface area contributed by atoms with Gasteiger partial charge in [0.25, 0.3) is 0 Å². The second-order valence-corrected chi connectivity index (χ2v) is 10.9. The Balaban J connectivity index is 2.02. The number of piperidine rings is 1. The van der Waals surface area contributed by atoms with Crippen molar-refractivity contribution in [1.29, 1.82) is 0 Å². The van der Waals surface area contributed by atoms with Crippen LogP contribution in [0.1, 0.15) is 38.3 Å². The van der Waals surface area contributed by atoms with Gasteiger partial charge in [0, 0.05) is 19.3 Å². The maximum Gasteiger partial charge on any atom is 0.224 e. The fourth-order valence-corrected chi connectivity index (χ4v) is 4.82. The van der Waals surface area contributed by atoms with Crippen molar-refractivity contribution in [1.82, 2.24) is 9.62 Å². The summed E-state index contributed by atoms with van der Waals surface area (Å²) in [5, 5.41) is 2.90. The van der Waals surface area contributed by atoms with Gasteiger partial charge in [-0.2, -0.15) is 0 Å². The van der Waals surface area contributed by atoms with E-state index in [1.54, 1.807) is 19.1 Å². The summed E-state index contributed by atoms with van der Waals surface area (Å²) in [6.45, 7) is 4.09. The zero-order valence-electron chi connectivity index (χ0n) is 15.3. The normalized spacial score (nSPS) is 20.5. The molecule has 26 heavy (non-hydrogen) atoms. The van der Waals surface area contributed by atoms with E-state index < -0.39 is 19.9 Å². The summed E-state index contributed by atoms with van der Waals surface area (Å²) in [4.78, 5) is 12.8. The lowest BCUT2D eigenvalue weighted by atomic mass is 9.98. The Morgan fingerprint density at radius 3 is 2.38 bits per heavy atom. The molecule has 2 atom stereocenters. The van der Waals surface area contributed by atoms with Crippen molar-refractivity contribution in [2.75, 3.05) is 25.1 Å². The average Bonchev–Trinajstić information content (AvgIpc) is 2.61. The standard InChI is InChI=1S/C17H26N2O5S2/c1-4-26(23,24)19-11-5-6-15(12-19)17(20)18-13(2)14-7-9-16(10-8-14)25(3,21)22/h7-10,13,15H,4-6,11-12H2,1-3H3,(H,18,20). The SMILES string of the molecule is CCS(=O)(=O)N1CCCC(C(=O)NC(C)c2ccc(S(C)(=O)=O)cc2)C1. The zero-order valence-corrected chi connectivity index (χ0v) is 16.9. The molecule has 146 valence electrons. The summed E-state index contributed by atoms with van der Waals surface area (Å²) in [6.07, 6.45) is 2.46. The van der Waals surface area contributed by atoms with E-state index in [0.717, 1.165) is 11.8 Å². The smallest absolute Gasteiger partial charge is 0.224 e. The number of nitrogens with zero attached hydrogens (tertiary/aromatic N) is 1. The number of amides is 1. The lowest BCUT2D eigenvalue weighted by Gasteiger charge is -2.31. The number of carbonyl (C=O) groups excluding carboxylic acids is 1. The van der Waals surface area contributed by atoms with Crippen molar-refractivity contribution in [2.24, 2.45) is 5.92 Å². The molecular weight excluding hydrogens is 376 g/mol. The zero-order chi connectivity index (χ0) is 19.5. The summed E-state index contributed by atoms with van der Waals surface area (Å²) in [5.41, 5.74) is 0.791. The van der Waals surface area contributed by atoms with Crippen molar-refractivity contribution in [3.05, 3.63) is 29.8 Å². The van der Waals surface area contributed by atoms with Crippen LogP contribution in [0.2, 0.25) is 0 Å². The minimum absolute atomic E-state index is 0.0322. The molecule has 1 N–H and O–H groups in total. The second-order valence-electron chi connectivity index (χ2n) is 6.67. The third kappa shape index (κ3) is 5.05. The van der Waals surface area contributed by atoms with E-state index in [1.165, 1.54) is 16.4 Å². The molecular formula is C17H26N2O5S2. The van der Waals surface area contributed by atoms with Gasteiger partial charge < -0.3 is 5.32 Å². The van der Waals surface area contributed by atoms with E-state index in [2.05, 4.69) is 5.32 Å². The summed E-state index contributed by atoms with van der Waals surface area (Å²) in [6, 6.07) is 6.09. The number of hydrogen-bond acceptors (Lipinski definition) is 5. The average molecular weight is 403 g/mol. The fraction of sp³-hybridized carbons (Fsp3) is 0.588. The number of sulfone groups is 1. The number of carbonyl (C=O) groups is 1. The van der Waals surface area contributed by atoms with Gasteiger partial charge in [0.15, 0.2) is 9.84 Å². The number of sulfonamides is 1. The topological polar surface area (TPSA) is 101 Å². The first-order valence-corrected chi connectivity index (χ1v) is 12.1. The van der Waals surface area contributed by atoms with Crippen LogP contribution in [0.15, 0.2) is 29.2 Å². The Morgan fingerprint density at radius 1 is 1.23 bits per heavy atom. The third-order valence-electron chi connectivity index (χ3n) is 4.68. The molecule has 1 aromatic rings. The fourth-order valence-electron chi connectivity index (χ4n) is 3.01. The Hall–Kier alpha value is -1.45. The van der Waals surface area contributed by atoms with Crippen LogP contribution < -0.4 is 5.32 Å². The van der Waals surface area contributed by atoms with E-state index in [1.807, 2.05) is 6.92 Å². The molecule has 0 saturated carbocycles. The van der Waals surface area contributed by atoms with Crippen LogP contribution >= 0.6 is 0 Å². The van der Waals surface area contributed by atoms with E-state index in [9.17, 15) is 21.6 Å². The van der Waals surface area contributed by atoms with Crippen LogP contribution in [0.5, 0.6) is 0 Å². The van der Waals surface area contributed by atoms with E-state index in [4.69, 9.17) is 0 Å². The maximum absolute atomic E-state index is 12.5. The first-order valence-electron chi connectivity index (χ1n) is 8.63. The second kappa shape index (κ2) is 8.06. The molecule has 2 rings (SSSR count). The van der Waals surface area contributed by atoms with E-state index >= 15 is 0 Å². The van der Waals surface area contributed by atoms with Gasteiger partial charge in [-0.15, -0.1) is 0 Å². The Kier molecular flexibility index (Phi) is 6.46. The highest BCUT2D eigenvalue weighted by atomic mass is 32.2. The van der Waals surface area contributed by atoms with Gasteiger partial charge in [0.2, 0.25) is 15.9 Å². The summed E-state index contributed by atoms with van der Waals surface area (Å²) in [5.74, 6) is -0.520. The highest BCUT2D eigenvalue weighted by Crippen LogP contribution is 2.22. The Bertz CT molecular complexity index is 848. The molecule has 0 spiro atoms. The van der Waals surface area contributed by atoms with Gasteiger partial charge in [0.1, 0.15) is 0 Å². The molecule has 0 aromatic heterocycles. The molecule has 1 heterocycles. The van der Waals surface area contributed by atoms with Crippen LogP contribution in [0.25, 0.3) is 0 Å². The van der Waals surface area contributed by atoms with Crippen LogP contribution in [-0.2, 0) is 24.7 Å². The first-order chi connectivity index (χ1) is 12.0. The molecule has 1 aliphatic rings. The van der Waals surface area contributed by atoms with Crippen LogP contribution in [0, 0.1) is 5.92 Å². The monoisotopic (exact) mass is 402 g/mol. The van der Waals surface area contributed by atoms with Gasteiger partial charge >= 0.3 is 0 Å². The molecule has 0 bridgehead atoms. The quantitative estimate of drug-likeness (QED) is 0.774. The molecule has 1 fully saturated rings. The number of nitrogens with one attached hydrogen (secondary N) is 1. The number of benzene rings is 1. The van der Waals surface area contributed by atoms with Gasteiger partial charge in [0.05, 0.1) is 22.6 Å². The van der Waals surface area contributed by atoms with Crippen molar-refractivity contribution in [2.45, 2.75) is 37.6 Å². The molecule has 2 unspecified atom stereocenters. The lowest BCUT2D eigenvalue weighted by Crippen LogP contribution is -2.46. The molecule has 1 saturated heterocycles. The molecule has 9 heteroatoms. The summed E-state index contributed by atoms with van der Waals surface area (Å²) < 4.78 is 48.5.